The number of hydrogen-bond donors (Lipinski definition) is 1. The summed E-state index contributed by atoms with van der Waals surface area (Å²) in [5, 5.41) is 17.5. The van der Waals surface area contributed by atoms with E-state index in [1.807, 2.05) is 37.1 Å². The summed E-state index contributed by atoms with van der Waals surface area (Å²) in [7, 11) is 1.89. The van der Waals surface area contributed by atoms with E-state index in [1.165, 1.54) is 0 Å². The molecule has 0 saturated heterocycles. The summed E-state index contributed by atoms with van der Waals surface area (Å²) in [6.45, 7) is 1.95. The summed E-state index contributed by atoms with van der Waals surface area (Å²) in [5.74, 6) is -0.987. The first-order valence-corrected chi connectivity index (χ1v) is 6.55. The molecule has 0 fully saturated rings. The van der Waals surface area contributed by atoms with E-state index in [9.17, 15) is 4.79 Å². The molecule has 0 aliphatic heterocycles. The van der Waals surface area contributed by atoms with Crippen molar-refractivity contribution in [1.29, 1.82) is 5.26 Å². The summed E-state index contributed by atoms with van der Waals surface area (Å²) in [6.07, 6.45) is 3.07. The molecule has 0 aliphatic rings. The number of rotatable bonds is 5. The monoisotopic (exact) mass is 322 g/mol. The molecule has 5 heteroatoms. The van der Waals surface area contributed by atoms with Crippen molar-refractivity contribution >= 4 is 33.7 Å². The minimum Gasteiger partial charge on any atom is -0.478 e. The lowest BCUT2D eigenvalue weighted by atomic mass is 10.1. The average Bonchev–Trinajstić information content (AvgIpc) is 2.36. The van der Waals surface area contributed by atoms with Crippen LogP contribution in [-0.2, 0) is 4.79 Å². The van der Waals surface area contributed by atoms with Crippen molar-refractivity contribution in [2.75, 3.05) is 11.9 Å². The maximum absolute atomic E-state index is 10.6. The van der Waals surface area contributed by atoms with Crippen LogP contribution in [0.4, 0.5) is 5.69 Å². The molecule has 4 nitrogen and oxygen atoms in total. The van der Waals surface area contributed by atoms with Crippen LogP contribution in [0.3, 0.4) is 0 Å². The van der Waals surface area contributed by atoms with Crippen molar-refractivity contribution in [1.82, 2.24) is 0 Å². The molecule has 0 aromatic heterocycles. The lowest BCUT2D eigenvalue weighted by Gasteiger charge is -2.27. The molecule has 1 unspecified atom stereocenters. The topological polar surface area (TPSA) is 64.3 Å². The van der Waals surface area contributed by atoms with Crippen LogP contribution in [-0.4, -0.2) is 24.2 Å². The maximum Gasteiger partial charge on any atom is 0.328 e. The molecule has 0 amide bonds. The van der Waals surface area contributed by atoms with E-state index in [4.69, 9.17) is 10.4 Å². The molecule has 1 rings (SSSR count). The van der Waals surface area contributed by atoms with Crippen LogP contribution in [0.5, 0.6) is 0 Å². The highest BCUT2D eigenvalue weighted by molar-refractivity contribution is 9.10. The van der Waals surface area contributed by atoms with Gasteiger partial charge in [0.1, 0.15) is 0 Å². The molecule has 1 N–H and O–H groups in total. The first-order chi connectivity index (χ1) is 8.95. The second-order valence-electron chi connectivity index (χ2n) is 4.20. The smallest absolute Gasteiger partial charge is 0.328 e. The Balaban J connectivity index is 3.13. The predicted octanol–water partition coefficient (Wildman–Crippen LogP) is 3.29. The Bertz CT molecular complexity index is 535. The highest BCUT2D eigenvalue weighted by Crippen LogP contribution is 2.27. The lowest BCUT2D eigenvalue weighted by molar-refractivity contribution is -0.131. The molecule has 100 valence electrons. The summed E-state index contributed by atoms with van der Waals surface area (Å²) in [6, 6.07) is 7.84. The fourth-order valence-electron chi connectivity index (χ4n) is 1.65. The Kier molecular flexibility index (Phi) is 5.58. The molecule has 0 bridgehead atoms. The van der Waals surface area contributed by atoms with Crippen molar-refractivity contribution in [2.24, 2.45) is 0 Å². The van der Waals surface area contributed by atoms with Crippen LogP contribution in [0.1, 0.15) is 18.9 Å². The number of nitrogens with zero attached hydrogens (tertiary/aromatic N) is 2. The molecule has 0 radical (unpaired) electrons. The Morgan fingerprint density at radius 3 is 2.89 bits per heavy atom. The van der Waals surface area contributed by atoms with E-state index in [1.54, 1.807) is 6.08 Å². The minimum absolute atomic E-state index is 0.0585. The zero-order chi connectivity index (χ0) is 14.4. The fourth-order valence-corrected chi connectivity index (χ4v) is 2.03. The van der Waals surface area contributed by atoms with Gasteiger partial charge in [0.15, 0.2) is 0 Å². The highest BCUT2D eigenvalue weighted by atomic mass is 79.9. The van der Waals surface area contributed by atoms with Gasteiger partial charge in [-0.25, -0.2) is 4.79 Å². The second kappa shape index (κ2) is 6.95. The van der Waals surface area contributed by atoms with Crippen molar-refractivity contribution in [2.45, 2.75) is 19.4 Å². The van der Waals surface area contributed by atoms with Crippen molar-refractivity contribution < 1.29 is 9.90 Å². The lowest BCUT2D eigenvalue weighted by Crippen LogP contribution is -2.28. The highest BCUT2D eigenvalue weighted by Gasteiger charge is 2.12. The summed E-state index contributed by atoms with van der Waals surface area (Å²) in [5.41, 5.74) is 1.69. The number of hydrogen-bond acceptors (Lipinski definition) is 3. The molecule has 19 heavy (non-hydrogen) atoms. The van der Waals surface area contributed by atoms with E-state index in [0.29, 0.717) is 6.42 Å². The van der Waals surface area contributed by atoms with Crippen LogP contribution in [0.15, 0.2) is 28.7 Å². The third-order valence-corrected chi connectivity index (χ3v) is 3.32. The van der Waals surface area contributed by atoms with E-state index in [2.05, 4.69) is 22.0 Å². The molecule has 0 spiro atoms. The SMILES string of the molecule is CC(CC#N)N(C)c1ccc(Br)cc1/C=C/C(=O)O. The largest absolute Gasteiger partial charge is 0.478 e. The maximum atomic E-state index is 10.6. The first kappa shape index (κ1) is 15.3. The zero-order valence-electron chi connectivity index (χ0n) is 10.8. The van der Waals surface area contributed by atoms with E-state index < -0.39 is 5.97 Å². The number of carbonyl (C=O) groups is 1. The molecule has 1 aromatic rings. The van der Waals surface area contributed by atoms with Crippen LogP contribution < -0.4 is 4.90 Å². The summed E-state index contributed by atoms with van der Waals surface area (Å²) < 4.78 is 0.877. The molecule has 0 heterocycles. The normalized spacial score (nSPS) is 12.1. The predicted molar refractivity (Wildman–Crippen MR) is 78.9 cm³/mol. The van der Waals surface area contributed by atoms with Gasteiger partial charge < -0.3 is 10.0 Å². The van der Waals surface area contributed by atoms with Gasteiger partial charge in [-0.15, -0.1) is 0 Å². The van der Waals surface area contributed by atoms with Gasteiger partial charge in [-0.05, 0) is 36.8 Å². The third kappa shape index (κ3) is 4.42. The van der Waals surface area contributed by atoms with Gasteiger partial charge in [0.25, 0.3) is 0 Å². The van der Waals surface area contributed by atoms with Gasteiger partial charge in [-0.2, -0.15) is 5.26 Å². The molecule has 0 saturated carbocycles. The van der Waals surface area contributed by atoms with E-state index >= 15 is 0 Å². The standard InChI is InChI=1S/C14H15BrN2O2/c1-10(7-8-16)17(2)13-5-4-12(15)9-11(13)3-6-14(18)19/h3-6,9-10H,7H2,1-2H3,(H,18,19)/b6-3+. The van der Waals surface area contributed by atoms with Gasteiger partial charge in [0.05, 0.1) is 12.5 Å². The van der Waals surface area contributed by atoms with Gasteiger partial charge in [0, 0.05) is 29.3 Å². The number of nitriles is 1. The van der Waals surface area contributed by atoms with Gasteiger partial charge in [-0.3, -0.25) is 0 Å². The molecule has 1 aromatic carbocycles. The van der Waals surface area contributed by atoms with Gasteiger partial charge in [-0.1, -0.05) is 15.9 Å². The zero-order valence-corrected chi connectivity index (χ0v) is 12.4. The Morgan fingerprint density at radius 1 is 1.63 bits per heavy atom. The Morgan fingerprint density at radius 2 is 2.32 bits per heavy atom. The molecule has 1 atom stereocenters. The van der Waals surface area contributed by atoms with Crippen LogP contribution >= 0.6 is 15.9 Å². The minimum atomic E-state index is -0.987. The first-order valence-electron chi connectivity index (χ1n) is 5.76. The van der Waals surface area contributed by atoms with Gasteiger partial charge >= 0.3 is 5.97 Å². The van der Waals surface area contributed by atoms with E-state index in [-0.39, 0.29) is 6.04 Å². The Labute approximate surface area is 121 Å². The van der Waals surface area contributed by atoms with Crippen LogP contribution in [0.2, 0.25) is 0 Å². The van der Waals surface area contributed by atoms with Crippen LogP contribution in [0.25, 0.3) is 6.08 Å². The summed E-state index contributed by atoms with van der Waals surface area (Å²) >= 11 is 3.37. The quantitative estimate of drug-likeness (QED) is 0.845. The third-order valence-electron chi connectivity index (χ3n) is 2.82. The number of halogens is 1. The van der Waals surface area contributed by atoms with E-state index in [0.717, 1.165) is 21.8 Å². The molecular weight excluding hydrogens is 308 g/mol. The number of carboxylic acid groups (broad SMARTS) is 1. The number of benzene rings is 1. The number of aliphatic carboxylic acids is 1. The second-order valence-corrected chi connectivity index (χ2v) is 5.11. The fraction of sp³-hybridized carbons (Fsp3) is 0.286. The van der Waals surface area contributed by atoms with Crippen molar-refractivity contribution in [3.8, 4) is 6.07 Å². The molecular formula is C14H15BrN2O2. The number of carboxylic acids is 1. The summed E-state index contributed by atoms with van der Waals surface area (Å²) in [4.78, 5) is 12.6. The van der Waals surface area contributed by atoms with Crippen molar-refractivity contribution in [3.05, 3.63) is 34.3 Å². The van der Waals surface area contributed by atoms with Gasteiger partial charge in [0.2, 0.25) is 0 Å². The number of anilines is 1. The van der Waals surface area contributed by atoms with Crippen LogP contribution in [0, 0.1) is 11.3 Å². The van der Waals surface area contributed by atoms with Crippen molar-refractivity contribution in [3.63, 3.8) is 0 Å². The molecule has 0 aliphatic carbocycles. The average molecular weight is 323 g/mol. The Hall–Kier alpha value is -1.80.